The highest BCUT2D eigenvalue weighted by Gasteiger charge is 2.40. The molecule has 0 spiro atoms. The van der Waals surface area contributed by atoms with E-state index in [0.29, 0.717) is 18.9 Å². The molecule has 2 saturated heterocycles. The van der Waals surface area contributed by atoms with Crippen LogP contribution in [0.25, 0.3) is 10.9 Å². The highest BCUT2D eigenvalue weighted by molar-refractivity contribution is 6.06. The first-order chi connectivity index (χ1) is 20.0. The number of carbonyl (C=O) groups is 2. The number of fused-ring (bicyclic) bond motifs is 1. The normalized spacial score (nSPS) is 17.6. The van der Waals surface area contributed by atoms with E-state index in [1.807, 2.05) is 0 Å². The van der Waals surface area contributed by atoms with Crippen LogP contribution in [-0.2, 0) is 6.18 Å². The van der Waals surface area contributed by atoms with Gasteiger partial charge in [0.1, 0.15) is 5.82 Å². The van der Waals surface area contributed by atoms with E-state index in [4.69, 9.17) is 5.26 Å². The second kappa shape index (κ2) is 11.2. The maximum Gasteiger partial charge on any atom is 0.418 e. The first-order valence-electron chi connectivity index (χ1n) is 13.2. The Balaban J connectivity index is 1.46. The summed E-state index contributed by atoms with van der Waals surface area (Å²) >= 11 is 0. The lowest BCUT2D eigenvalue weighted by atomic mass is 9.96. The zero-order chi connectivity index (χ0) is 30.2. The molecule has 2 N–H and O–H groups in total. The molecule has 0 unspecified atom stereocenters. The Kier molecular flexibility index (Phi) is 7.61. The second-order valence-corrected chi connectivity index (χ2v) is 10.3. The minimum absolute atomic E-state index is 0.0570. The third kappa shape index (κ3) is 5.50. The number of amides is 2. The lowest BCUT2D eigenvalue weighted by Gasteiger charge is -2.32. The number of H-pyrrole nitrogens is 1. The molecule has 2 aliphatic heterocycles. The van der Waals surface area contributed by atoms with E-state index in [9.17, 15) is 37.2 Å². The smallest absolute Gasteiger partial charge is 0.368 e. The van der Waals surface area contributed by atoms with Gasteiger partial charge in [0, 0.05) is 49.6 Å². The van der Waals surface area contributed by atoms with Crippen molar-refractivity contribution in [2.75, 3.05) is 31.1 Å². The fourth-order valence-electron chi connectivity index (χ4n) is 5.58. The number of nitrogens with one attached hydrogen (secondary N) is 2. The molecule has 2 aromatic carbocycles. The summed E-state index contributed by atoms with van der Waals surface area (Å²) < 4.78 is 57.2. The summed E-state index contributed by atoms with van der Waals surface area (Å²) in [6.45, 7) is 0.352. The number of anilines is 1. The van der Waals surface area contributed by atoms with Crippen LogP contribution in [-0.4, -0.2) is 53.9 Å². The van der Waals surface area contributed by atoms with Gasteiger partial charge in [0.15, 0.2) is 0 Å². The van der Waals surface area contributed by atoms with Gasteiger partial charge in [-0.3, -0.25) is 14.4 Å². The van der Waals surface area contributed by atoms with Crippen LogP contribution in [0.2, 0.25) is 0 Å². The number of aromatic nitrogens is 1. The number of piperidine rings is 1. The van der Waals surface area contributed by atoms with E-state index in [0.717, 1.165) is 18.2 Å². The third-order valence-corrected chi connectivity index (χ3v) is 7.65. The second-order valence-electron chi connectivity index (χ2n) is 10.3. The lowest BCUT2D eigenvalue weighted by molar-refractivity contribution is -0.137. The van der Waals surface area contributed by atoms with Gasteiger partial charge in [0.2, 0.25) is 5.56 Å². The maximum absolute atomic E-state index is 14.3. The number of halogens is 4. The Morgan fingerprint density at radius 1 is 1.02 bits per heavy atom. The van der Waals surface area contributed by atoms with Crippen molar-refractivity contribution in [3.05, 3.63) is 74.8 Å². The molecule has 216 valence electrons. The Labute approximate surface area is 236 Å². The fourth-order valence-corrected chi connectivity index (χ4v) is 5.58. The van der Waals surface area contributed by atoms with Crippen molar-refractivity contribution >= 4 is 28.4 Å². The molecule has 42 heavy (non-hydrogen) atoms. The Morgan fingerprint density at radius 2 is 1.76 bits per heavy atom. The zero-order valence-corrected chi connectivity index (χ0v) is 22.1. The molecule has 3 aromatic rings. The zero-order valence-electron chi connectivity index (χ0n) is 22.1. The first kappa shape index (κ1) is 28.6. The van der Waals surface area contributed by atoms with Crippen LogP contribution in [0.15, 0.2) is 41.2 Å². The number of benzene rings is 2. The van der Waals surface area contributed by atoms with E-state index in [1.165, 1.54) is 21.9 Å². The standard InChI is InChI=1S/C29H24F4N6O3/c30-23-3-1-2-19-20(12-24(40)37-25(19)23)27(41)36-18-6-9-39(15-18)26-21(10-17(14-35)11-22(26)29(31,32)33)28(42)38-7-4-16(13-34)5-8-38/h1-3,10-12,16,18H,4-9,15H2,(H,36,41)(H,37,40)/t18-/m1/s1. The van der Waals surface area contributed by atoms with Crippen molar-refractivity contribution in [3.63, 3.8) is 0 Å². The SMILES string of the molecule is N#Cc1cc(C(=O)N2CCC(C#N)CC2)c(N2CC[C@@H](NC(=O)c3cc(=O)[nH]c4c(F)cccc34)C2)c(C(F)(F)F)c1. The topological polar surface area (TPSA) is 133 Å². The maximum atomic E-state index is 14.3. The van der Waals surface area contributed by atoms with Gasteiger partial charge in [0.25, 0.3) is 11.8 Å². The summed E-state index contributed by atoms with van der Waals surface area (Å²) in [7, 11) is 0. The van der Waals surface area contributed by atoms with Crippen molar-refractivity contribution in [1.82, 2.24) is 15.2 Å². The molecule has 9 nitrogen and oxygen atoms in total. The summed E-state index contributed by atoms with van der Waals surface area (Å²) in [5.74, 6) is -2.34. The number of pyridine rings is 1. The molecule has 3 heterocycles. The number of rotatable bonds is 4. The van der Waals surface area contributed by atoms with E-state index in [1.54, 1.807) is 6.07 Å². The molecule has 1 atom stereocenters. The molecule has 0 radical (unpaired) electrons. The molecule has 0 aliphatic carbocycles. The monoisotopic (exact) mass is 580 g/mol. The van der Waals surface area contributed by atoms with Crippen molar-refractivity contribution in [1.29, 1.82) is 10.5 Å². The van der Waals surface area contributed by atoms with Crippen LogP contribution in [0.4, 0.5) is 23.2 Å². The predicted molar refractivity (Wildman–Crippen MR) is 143 cm³/mol. The number of hydrogen-bond acceptors (Lipinski definition) is 6. The number of alkyl halides is 3. The van der Waals surface area contributed by atoms with Gasteiger partial charge < -0.3 is 20.1 Å². The molecule has 2 fully saturated rings. The highest BCUT2D eigenvalue weighted by atomic mass is 19.4. The third-order valence-electron chi connectivity index (χ3n) is 7.65. The molecule has 1 aromatic heterocycles. The average molecular weight is 581 g/mol. The first-order valence-corrected chi connectivity index (χ1v) is 13.2. The van der Waals surface area contributed by atoms with Gasteiger partial charge in [-0.05, 0) is 37.5 Å². The number of likely N-dealkylation sites (tertiary alicyclic amines) is 1. The van der Waals surface area contributed by atoms with E-state index in [2.05, 4.69) is 16.4 Å². The van der Waals surface area contributed by atoms with Crippen LogP contribution in [0.5, 0.6) is 0 Å². The van der Waals surface area contributed by atoms with E-state index < -0.39 is 41.0 Å². The number of nitrogens with zero attached hydrogens (tertiary/aromatic N) is 4. The number of hydrogen-bond donors (Lipinski definition) is 2. The van der Waals surface area contributed by atoms with Gasteiger partial charge in [-0.2, -0.15) is 23.7 Å². The molecule has 2 aliphatic rings. The average Bonchev–Trinajstić information content (AvgIpc) is 3.43. The van der Waals surface area contributed by atoms with Crippen LogP contribution in [0, 0.1) is 34.4 Å². The van der Waals surface area contributed by atoms with Crippen LogP contribution >= 0.6 is 0 Å². The summed E-state index contributed by atoms with van der Waals surface area (Å²) in [5.41, 5.74) is -3.04. The Bertz CT molecular complexity index is 1710. The van der Waals surface area contributed by atoms with E-state index >= 15 is 0 Å². The largest absolute Gasteiger partial charge is 0.418 e. The quantitative estimate of drug-likeness (QED) is 0.449. The molecule has 5 rings (SSSR count). The lowest BCUT2D eigenvalue weighted by Crippen LogP contribution is -2.40. The molecule has 0 bridgehead atoms. The summed E-state index contributed by atoms with van der Waals surface area (Å²) in [6, 6.07) is 10.0. The predicted octanol–water partition coefficient (Wildman–Crippen LogP) is 3.94. The number of para-hydroxylation sites is 1. The van der Waals surface area contributed by atoms with E-state index in [-0.39, 0.29) is 71.8 Å². The molecule has 0 saturated carbocycles. The van der Waals surface area contributed by atoms with Crippen molar-refractivity contribution in [2.45, 2.75) is 31.5 Å². The van der Waals surface area contributed by atoms with Gasteiger partial charge in [-0.1, -0.05) is 12.1 Å². The Hall–Kier alpha value is -4.91. The van der Waals surface area contributed by atoms with Gasteiger partial charge in [0.05, 0.1) is 45.6 Å². The van der Waals surface area contributed by atoms with Gasteiger partial charge >= 0.3 is 6.18 Å². The summed E-state index contributed by atoms with van der Waals surface area (Å²) in [4.78, 5) is 43.9. The molecule has 13 heteroatoms. The van der Waals surface area contributed by atoms with Crippen LogP contribution in [0.3, 0.4) is 0 Å². The van der Waals surface area contributed by atoms with Crippen molar-refractivity contribution in [3.8, 4) is 12.1 Å². The van der Waals surface area contributed by atoms with Gasteiger partial charge in [-0.15, -0.1) is 0 Å². The minimum Gasteiger partial charge on any atom is -0.368 e. The summed E-state index contributed by atoms with van der Waals surface area (Å²) in [5, 5.41) is 21.5. The number of nitriles is 2. The Morgan fingerprint density at radius 3 is 2.43 bits per heavy atom. The number of aromatic amines is 1. The van der Waals surface area contributed by atoms with Crippen LogP contribution in [0.1, 0.15) is 51.1 Å². The molecule has 2 amide bonds. The number of carbonyl (C=O) groups excluding carboxylic acids is 2. The molecular weight excluding hydrogens is 556 g/mol. The van der Waals surface area contributed by atoms with Crippen LogP contribution < -0.4 is 15.8 Å². The van der Waals surface area contributed by atoms with Gasteiger partial charge in [-0.25, -0.2) is 4.39 Å². The summed E-state index contributed by atoms with van der Waals surface area (Å²) in [6.07, 6.45) is -3.89. The van der Waals surface area contributed by atoms with Crippen molar-refractivity contribution < 1.29 is 27.2 Å². The minimum atomic E-state index is -4.89. The highest BCUT2D eigenvalue weighted by Crippen LogP contribution is 2.41. The van der Waals surface area contributed by atoms with Crippen molar-refractivity contribution in [2.24, 2.45) is 5.92 Å². The molecular formula is C29H24F4N6O3. The fraction of sp³-hybridized carbons (Fsp3) is 0.345.